The highest BCUT2D eigenvalue weighted by Crippen LogP contribution is 2.36. The van der Waals surface area contributed by atoms with Crippen LogP contribution in [0.3, 0.4) is 0 Å². The van der Waals surface area contributed by atoms with Gasteiger partial charge in [-0.05, 0) is 17.7 Å². The summed E-state index contributed by atoms with van der Waals surface area (Å²) < 4.78 is 6.70. The molecule has 7 heteroatoms. The Hall–Kier alpha value is -1.47. The van der Waals surface area contributed by atoms with Crippen LogP contribution in [-0.2, 0) is 9.53 Å². The van der Waals surface area contributed by atoms with Crippen molar-refractivity contribution >= 4 is 21.8 Å². The third kappa shape index (κ3) is 3.08. The van der Waals surface area contributed by atoms with Crippen molar-refractivity contribution in [1.82, 2.24) is 4.90 Å². The number of hydrogen-bond donors (Lipinski definition) is 0. The van der Waals surface area contributed by atoms with Crippen molar-refractivity contribution in [3.63, 3.8) is 0 Å². The maximum absolute atomic E-state index is 12.3. The zero-order chi connectivity index (χ0) is 15.0. The molecule has 1 heterocycles. The molecule has 6 nitrogen and oxygen atoms in total. The zero-order valence-electron chi connectivity index (χ0n) is 11.3. The Morgan fingerprint density at radius 3 is 2.71 bits per heavy atom. The minimum atomic E-state index is -0.688. The lowest BCUT2D eigenvalue weighted by Crippen LogP contribution is -2.43. The zero-order valence-corrected chi connectivity index (χ0v) is 12.9. The van der Waals surface area contributed by atoms with Crippen LogP contribution in [0.5, 0.6) is 0 Å². The molecule has 1 amide bonds. The third-order valence-corrected chi connectivity index (χ3v) is 4.49. The Bertz CT molecular complexity index is 563. The fourth-order valence-corrected chi connectivity index (χ4v) is 2.91. The van der Waals surface area contributed by atoms with Crippen LogP contribution >= 0.6 is 15.9 Å². The van der Waals surface area contributed by atoms with E-state index in [2.05, 4.69) is 15.9 Å². The molecule has 21 heavy (non-hydrogen) atoms. The Morgan fingerprint density at radius 1 is 1.38 bits per heavy atom. The molecule has 1 aliphatic heterocycles. The predicted octanol–water partition coefficient (Wildman–Crippen LogP) is 2.01. The molecule has 0 radical (unpaired) electrons. The summed E-state index contributed by atoms with van der Waals surface area (Å²) in [6.45, 7) is 1.43. The third-order valence-electron chi connectivity index (χ3n) is 3.96. The molecule has 0 aromatic heterocycles. The van der Waals surface area contributed by atoms with Gasteiger partial charge in [0.05, 0.1) is 13.2 Å². The molecule has 0 spiro atoms. The average Bonchev–Trinajstić information content (AvgIpc) is 3.28. The molecular formula is C14H15BrN2O4. The summed E-state index contributed by atoms with van der Waals surface area (Å²) >= 11 is 3.38. The van der Waals surface area contributed by atoms with E-state index in [9.17, 15) is 14.9 Å². The van der Waals surface area contributed by atoms with Gasteiger partial charge in [-0.15, -0.1) is 0 Å². The Balaban J connectivity index is 1.65. The second kappa shape index (κ2) is 5.73. The summed E-state index contributed by atoms with van der Waals surface area (Å²) in [6.07, 6.45) is 0.204. The molecule has 1 aromatic carbocycles. The van der Waals surface area contributed by atoms with Crippen molar-refractivity contribution < 1.29 is 14.5 Å². The van der Waals surface area contributed by atoms with Crippen LogP contribution in [0.15, 0.2) is 28.7 Å². The number of carbonyl (C=O) groups is 1. The molecule has 1 saturated carbocycles. The number of nitrogens with zero attached hydrogens (tertiary/aromatic N) is 2. The lowest BCUT2D eigenvalue weighted by molar-refractivity contribution is -0.497. The summed E-state index contributed by atoms with van der Waals surface area (Å²) in [6, 6.07) is 7.09. The van der Waals surface area contributed by atoms with E-state index in [-0.39, 0.29) is 16.9 Å². The number of halogens is 1. The molecule has 1 aromatic rings. The van der Waals surface area contributed by atoms with E-state index in [1.54, 1.807) is 4.90 Å². The normalized spacial score (nSPS) is 28.2. The van der Waals surface area contributed by atoms with E-state index in [0.717, 1.165) is 10.0 Å². The number of morpholine rings is 1. The standard InChI is InChI=1S/C14H15BrN2O4/c15-10-3-1-9(2-4-10)13-8-16(5-6-21-13)14(18)11-7-12(11)17(19)20/h1-4,11-13H,5-8H2/t11-,12+,13-/m1/s1. The van der Waals surface area contributed by atoms with Crippen LogP contribution in [0.4, 0.5) is 0 Å². The van der Waals surface area contributed by atoms with Crippen molar-refractivity contribution in [3.8, 4) is 0 Å². The van der Waals surface area contributed by atoms with Gasteiger partial charge in [0.15, 0.2) is 0 Å². The maximum atomic E-state index is 12.3. The van der Waals surface area contributed by atoms with Crippen molar-refractivity contribution in [1.29, 1.82) is 0 Å². The molecule has 2 fully saturated rings. The number of hydrogen-bond acceptors (Lipinski definition) is 4. The van der Waals surface area contributed by atoms with Gasteiger partial charge in [0.25, 0.3) is 0 Å². The molecule has 0 bridgehead atoms. The van der Waals surface area contributed by atoms with E-state index in [1.165, 1.54) is 0 Å². The van der Waals surface area contributed by atoms with Gasteiger partial charge < -0.3 is 9.64 Å². The van der Waals surface area contributed by atoms with Crippen molar-refractivity contribution in [2.45, 2.75) is 18.6 Å². The van der Waals surface area contributed by atoms with E-state index < -0.39 is 12.0 Å². The highest BCUT2D eigenvalue weighted by atomic mass is 79.9. The van der Waals surface area contributed by atoms with E-state index in [4.69, 9.17) is 4.74 Å². The van der Waals surface area contributed by atoms with Gasteiger partial charge >= 0.3 is 0 Å². The first-order valence-corrected chi connectivity index (χ1v) is 7.65. The number of ether oxygens (including phenoxy) is 1. The molecule has 1 saturated heterocycles. The number of benzene rings is 1. The molecule has 1 aliphatic carbocycles. The highest BCUT2D eigenvalue weighted by molar-refractivity contribution is 9.10. The summed E-state index contributed by atoms with van der Waals surface area (Å²) in [5.74, 6) is -0.550. The van der Waals surface area contributed by atoms with E-state index in [1.807, 2.05) is 24.3 Å². The van der Waals surface area contributed by atoms with Gasteiger partial charge in [0.2, 0.25) is 11.9 Å². The SMILES string of the molecule is O=C([C@@H]1C[C@@H]1[N+](=O)[O-])N1CCO[C@@H](c2ccc(Br)cc2)C1. The molecule has 0 N–H and O–H groups in total. The lowest BCUT2D eigenvalue weighted by Gasteiger charge is -2.33. The maximum Gasteiger partial charge on any atom is 0.233 e. The summed E-state index contributed by atoms with van der Waals surface area (Å²) in [5, 5.41) is 10.7. The second-order valence-corrected chi connectivity index (χ2v) is 6.31. The van der Waals surface area contributed by atoms with E-state index >= 15 is 0 Å². The van der Waals surface area contributed by atoms with Gasteiger partial charge in [-0.3, -0.25) is 14.9 Å². The fraction of sp³-hybridized carbons (Fsp3) is 0.500. The Morgan fingerprint density at radius 2 is 2.10 bits per heavy atom. The first-order valence-electron chi connectivity index (χ1n) is 6.85. The monoisotopic (exact) mass is 354 g/mol. The topological polar surface area (TPSA) is 72.7 Å². The summed E-state index contributed by atoms with van der Waals surface area (Å²) in [5.41, 5.74) is 1.01. The van der Waals surface area contributed by atoms with Crippen LogP contribution in [0.1, 0.15) is 18.1 Å². The van der Waals surface area contributed by atoms with Crippen molar-refractivity contribution in [2.24, 2.45) is 5.92 Å². The van der Waals surface area contributed by atoms with E-state index in [0.29, 0.717) is 26.1 Å². The first-order chi connectivity index (χ1) is 10.1. The number of nitro groups is 1. The van der Waals surface area contributed by atoms with Gasteiger partial charge in [0.1, 0.15) is 12.0 Å². The van der Waals surface area contributed by atoms with Gasteiger partial charge in [-0.2, -0.15) is 0 Å². The quantitative estimate of drug-likeness (QED) is 0.614. The number of amides is 1. The van der Waals surface area contributed by atoms with Crippen molar-refractivity contribution in [2.75, 3.05) is 19.7 Å². The van der Waals surface area contributed by atoms with Crippen LogP contribution in [0.25, 0.3) is 0 Å². The summed E-state index contributed by atoms with van der Waals surface area (Å²) in [7, 11) is 0. The van der Waals surface area contributed by atoms with Gasteiger partial charge in [-0.25, -0.2) is 0 Å². The van der Waals surface area contributed by atoms with Gasteiger partial charge in [0, 0.05) is 22.4 Å². The molecule has 112 valence electrons. The van der Waals surface area contributed by atoms with Crippen LogP contribution < -0.4 is 0 Å². The molecule has 2 aliphatic rings. The minimum Gasteiger partial charge on any atom is -0.370 e. The second-order valence-electron chi connectivity index (χ2n) is 5.39. The molecule has 3 atom stereocenters. The van der Waals surface area contributed by atoms with Crippen LogP contribution in [0, 0.1) is 16.0 Å². The Labute approximate surface area is 130 Å². The van der Waals surface area contributed by atoms with Gasteiger partial charge in [-0.1, -0.05) is 28.1 Å². The molecule has 3 rings (SSSR count). The highest BCUT2D eigenvalue weighted by Gasteiger charge is 2.54. The molecule has 0 unspecified atom stereocenters. The first kappa shape index (κ1) is 14.5. The average molecular weight is 355 g/mol. The Kier molecular flexibility index (Phi) is 3.95. The molecular weight excluding hydrogens is 340 g/mol. The fourth-order valence-electron chi connectivity index (χ4n) is 2.64. The number of carbonyl (C=O) groups excluding carboxylic acids is 1. The number of rotatable bonds is 3. The lowest BCUT2D eigenvalue weighted by atomic mass is 10.1. The minimum absolute atomic E-state index is 0.109. The van der Waals surface area contributed by atoms with Crippen LogP contribution in [-0.4, -0.2) is 41.5 Å². The summed E-state index contributed by atoms with van der Waals surface area (Å²) in [4.78, 5) is 24.3. The largest absolute Gasteiger partial charge is 0.370 e. The van der Waals surface area contributed by atoms with Crippen LogP contribution in [0.2, 0.25) is 0 Å². The smallest absolute Gasteiger partial charge is 0.233 e. The predicted molar refractivity (Wildman–Crippen MR) is 78.3 cm³/mol. The van der Waals surface area contributed by atoms with Crippen molar-refractivity contribution in [3.05, 3.63) is 44.4 Å².